The standard InChI is InChI=1S/C15H13Cl2F2NO2S/c1-9(10-3-6-14(18)15(19)7-10)20(2)23(21,22)11-4-5-12(16)13(17)8-11/h3-9H,1-2H3. The van der Waals surface area contributed by atoms with Crippen LogP contribution >= 0.6 is 23.2 Å². The Balaban J connectivity index is 2.38. The molecule has 0 aromatic heterocycles. The second-order valence-corrected chi connectivity index (χ2v) is 7.76. The molecule has 0 radical (unpaired) electrons. The van der Waals surface area contributed by atoms with Crippen molar-refractivity contribution in [3.05, 3.63) is 63.6 Å². The van der Waals surface area contributed by atoms with Crippen LogP contribution in [0, 0.1) is 11.6 Å². The van der Waals surface area contributed by atoms with Crippen LogP contribution in [0.4, 0.5) is 8.78 Å². The van der Waals surface area contributed by atoms with E-state index in [2.05, 4.69) is 0 Å². The third kappa shape index (κ3) is 3.66. The Bertz CT molecular complexity index is 843. The number of nitrogens with zero attached hydrogens (tertiary/aromatic N) is 1. The highest BCUT2D eigenvalue weighted by molar-refractivity contribution is 7.89. The molecule has 0 saturated heterocycles. The van der Waals surface area contributed by atoms with Gasteiger partial charge in [0.25, 0.3) is 0 Å². The molecule has 3 nitrogen and oxygen atoms in total. The lowest BCUT2D eigenvalue weighted by Gasteiger charge is -2.25. The van der Waals surface area contributed by atoms with Gasteiger partial charge in [-0.3, -0.25) is 0 Å². The fourth-order valence-corrected chi connectivity index (χ4v) is 3.73. The lowest BCUT2D eigenvalue weighted by molar-refractivity contribution is 0.395. The highest BCUT2D eigenvalue weighted by Gasteiger charge is 2.27. The number of hydrogen-bond donors (Lipinski definition) is 0. The van der Waals surface area contributed by atoms with E-state index in [9.17, 15) is 17.2 Å². The second-order valence-electron chi connectivity index (χ2n) is 4.95. The molecule has 124 valence electrons. The van der Waals surface area contributed by atoms with E-state index in [-0.39, 0.29) is 14.9 Å². The molecule has 2 rings (SSSR count). The quantitative estimate of drug-likeness (QED) is 0.774. The van der Waals surface area contributed by atoms with E-state index >= 15 is 0 Å². The first-order valence-corrected chi connectivity index (χ1v) is 8.72. The minimum atomic E-state index is -3.87. The minimum absolute atomic E-state index is 0.0381. The summed E-state index contributed by atoms with van der Waals surface area (Å²) in [5.74, 6) is -2.02. The monoisotopic (exact) mass is 379 g/mol. The van der Waals surface area contributed by atoms with Gasteiger partial charge in [-0.25, -0.2) is 17.2 Å². The highest BCUT2D eigenvalue weighted by Crippen LogP contribution is 2.30. The molecular weight excluding hydrogens is 367 g/mol. The SMILES string of the molecule is CC(c1ccc(F)c(F)c1)N(C)S(=O)(=O)c1ccc(Cl)c(Cl)c1. The zero-order chi connectivity index (χ0) is 17.4. The largest absolute Gasteiger partial charge is 0.243 e. The summed E-state index contributed by atoms with van der Waals surface area (Å²) in [4.78, 5) is -0.0381. The normalized spacial score (nSPS) is 13.3. The number of halogens is 4. The van der Waals surface area contributed by atoms with Crippen LogP contribution in [0.5, 0.6) is 0 Å². The molecule has 0 spiro atoms. The maximum atomic E-state index is 13.3. The zero-order valence-electron chi connectivity index (χ0n) is 12.2. The number of rotatable bonds is 4. The molecule has 0 N–H and O–H groups in total. The number of sulfonamides is 1. The topological polar surface area (TPSA) is 37.4 Å². The first kappa shape index (κ1) is 18.1. The van der Waals surface area contributed by atoms with E-state index in [4.69, 9.17) is 23.2 Å². The van der Waals surface area contributed by atoms with E-state index in [1.165, 1.54) is 31.3 Å². The molecule has 2 aromatic rings. The van der Waals surface area contributed by atoms with Crippen LogP contribution in [-0.4, -0.2) is 19.8 Å². The van der Waals surface area contributed by atoms with Crippen molar-refractivity contribution >= 4 is 33.2 Å². The van der Waals surface area contributed by atoms with Crippen molar-refractivity contribution in [2.75, 3.05) is 7.05 Å². The van der Waals surface area contributed by atoms with Crippen LogP contribution in [0.15, 0.2) is 41.3 Å². The van der Waals surface area contributed by atoms with Crippen molar-refractivity contribution in [3.63, 3.8) is 0 Å². The number of hydrogen-bond acceptors (Lipinski definition) is 2. The van der Waals surface area contributed by atoms with Gasteiger partial charge in [-0.15, -0.1) is 0 Å². The molecule has 1 atom stereocenters. The molecule has 8 heteroatoms. The molecule has 0 fully saturated rings. The van der Waals surface area contributed by atoms with Crippen LogP contribution < -0.4 is 0 Å². The van der Waals surface area contributed by atoms with Gasteiger partial charge < -0.3 is 0 Å². The second kappa shape index (κ2) is 6.73. The van der Waals surface area contributed by atoms with Crippen LogP contribution in [0.1, 0.15) is 18.5 Å². The predicted octanol–water partition coefficient (Wildman–Crippen LogP) is 4.65. The molecule has 0 amide bonds. The molecular formula is C15H13Cl2F2NO2S. The summed E-state index contributed by atoms with van der Waals surface area (Å²) in [6, 6.07) is 6.52. The molecule has 23 heavy (non-hydrogen) atoms. The van der Waals surface area contributed by atoms with Crippen molar-refractivity contribution in [3.8, 4) is 0 Å². The Morgan fingerprint density at radius 2 is 1.65 bits per heavy atom. The minimum Gasteiger partial charge on any atom is -0.207 e. The van der Waals surface area contributed by atoms with E-state index < -0.39 is 27.7 Å². The fraction of sp³-hybridized carbons (Fsp3) is 0.200. The molecule has 0 aliphatic heterocycles. The van der Waals surface area contributed by atoms with Gasteiger partial charge in [0.05, 0.1) is 14.9 Å². The van der Waals surface area contributed by atoms with Gasteiger partial charge in [0, 0.05) is 13.1 Å². The fourth-order valence-electron chi connectivity index (χ4n) is 1.99. The van der Waals surface area contributed by atoms with Crippen LogP contribution in [0.3, 0.4) is 0 Å². The van der Waals surface area contributed by atoms with Gasteiger partial charge in [-0.1, -0.05) is 29.3 Å². The molecule has 2 aromatic carbocycles. The van der Waals surface area contributed by atoms with Crippen molar-refractivity contribution in [1.29, 1.82) is 0 Å². The first-order chi connectivity index (χ1) is 10.6. The summed E-state index contributed by atoms with van der Waals surface area (Å²) in [6.07, 6.45) is 0. The molecule has 1 unspecified atom stereocenters. The molecule has 0 saturated carbocycles. The molecule has 0 aliphatic carbocycles. The van der Waals surface area contributed by atoms with Crippen molar-refractivity contribution in [1.82, 2.24) is 4.31 Å². The summed E-state index contributed by atoms with van der Waals surface area (Å²) in [6.45, 7) is 1.57. The summed E-state index contributed by atoms with van der Waals surface area (Å²) < 4.78 is 52.6. The zero-order valence-corrected chi connectivity index (χ0v) is 14.6. The lowest BCUT2D eigenvalue weighted by atomic mass is 10.1. The Kier molecular flexibility index (Phi) is 5.30. The Morgan fingerprint density at radius 3 is 2.22 bits per heavy atom. The van der Waals surface area contributed by atoms with Gasteiger partial charge in [0.2, 0.25) is 10.0 Å². The lowest BCUT2D eigenvalue weighted by Crippen LogP contribution is -2.30. The summed E-state index contributed by atoms with van der Waals surface area (Å²) in [7, 11) is -2.52. The third-order valence-electron chi connectivity index (χ3n) is 3.54. The summed E-state index contributed by atoms with van der Waals surface area (Å²) >= 11 is 11.6. The maximum absolute atomic E-state index is 13.3. The van der Waals surface area contributed by atoms with E-state index in [0.717, 1.165) is 16.4 Å². The van der Waals surface area contributed by atoms with Crippen LogP contribution in [-0.2, 0) is 10.0 Å². The van der Waals surface area contributed by atoms with Crippen molar-refractivity contribution in [2.24, 2.45) is 0 Å². The highest BCUT2D eigenvalue weighted by atomic mass is 35.5. The summed E-state index contributed by atoms with van der Waals surface area (Å²) in [5.41, 5.74) is 0.329. The average Bonchev–Trinajstić information content (AvgIpc) is 2.51. The average molecular weight is 380 g/mol. The smallest absolute Gasteiger partial charge is 0.207 e. The Morgan fingerprint density at radius 1 is 1.00 bits per heavy atom. The molecule has 0 bridgehead atoms. The van der Waals surface area contributed by atoms with Gasteiger partial charge in [0.1, 0.15) is 0 Å². The van der Waals surface area contributed by atoms with E-state index in [1.54, 1.807) is 6.92 Å². The van der Waals surface area contributed by atoms with Gasteiger partial charge in [0.15, 0.2) is 11.6 Å². The van der Waals surface area contributed by atoms with E-state index in [1.807, 2.05) is 0 Å². The van der Waals surface area contributed by atoms with E-state index in [0.29, 0.717) is 5.56 Å². The van der Waals surface area contributed by atoms with Gasteiger partial charge in [-0.2, -0.15) is 4.31 Å². The van der Waals surface area contributed by atoms with Crippen LogP contribution in [0.25, 0.3) is 0 Å². The molecule has 0 aliphatic rings. The van der Waals surface area contributed by atoms with Gasteiger partial charge in [-0.05, 0) is 42.8 Å². The third-order valence-corrected chi connectivity index (χ3v) is 6.20. The molecule has 0 heterocycles. The Hall–Kier alpha value is -1.21. The summed E-state index contributed by atoms with van der Waals surface area (Å²) in [5, 5.41) is 0.351. The maximum Gasteiger partial charge on any atom is 0.243 e. The van der Waals surface area contributed by atoms with Crippen molar-refractivity contribution < 1.29 is 17.2 Å². The number of benzene rings is 2. The predicted molar refractivity (Wildman–Crippen MR) is 86.2 cm³/mol. The van der Waals surface area contributed by atoms with Crippen molar-refractivity contribution in [2.45, 2.75) is 17.9 Å². The van der Waals surface area contributed by atoms with Crippen LogP contribution in [0.2, 0.25) is 10.0 Å². The van der Waals surface area contributed by atoms with Gasteiger partial charge >= 0.3 is 0 Å². The Labute approximate surface area is 143 Å². The first-order valence-electron chi connectivity index (χ1n) is 6.52.